The lowest BCUT2D eigenvalue weighted by Gasteiger charge is -2.04. The number of thiophene rings is 1. The molecule has 16 heavy (non-hydrogen) atoms. The molecule has 0 aliphatic carbocycles. The van der Waals surface area contributed by atoms with Crippen molar-refractivity contribution in [3.05, 3.63) is 45.4 Å². The highest BCUT2D eigenvalue weighted by molar-refractivity contribution is 7.16. The monoisotopic (exact) mass is 255 g/mol. The van der Waals surface area contributed by atoms with E-state index in [9.17, 15) is 5.11 Å². The summed E-state index contributed by atoms with van der Waals surface area (Å²) in [6, 6.07) is 5.90. The van der Waals surface area contributed by atoms with E-state index in [-0.39, 0.29) is 6.10 Å². The smallest absolute Gasteiger partial charge is 0.0931 e. The van der Waals surface area contributed by atoms with Crippen LogP contribution in [0.4, 0.5) is 0 Å². The molecule has 0 bridgehead atoms. The lowest BCUT2D eigenvalue weighted by Crippen LogP contribution is -1.95. The van der Waals surface area contributed by atoms with Crippen LogP contribution in [0.3, 0.4) is 0 Å². The molecule has 2 rings (SSSR count). The van der Waals surface area contributed by atoms with Crippen molar-refractivity contribution < 1.29 is 5.11 Å². The minimum absolute atomic E-state index is 0.354. The Morgan fingerprint density at radius 2 is 2.25 bits per heavy atom. The maximum atomic E-state index is 9.68. The molecule has 0 aromatic carbocycles. The summed E-state index contributed by atoms with van der Waals surface area (Å²) in [6.07, 6.45) is 4.37. The fourth-order valence-electron chi connectivity index (χ4n) is 1.61. The van der Waals surface area contributed by atoms with E-state index >= 15 is 0 Å². The average Bonchev–Trinajstić information content (AvgIpc) is 2.87. The van der Waals surface area contributed by atoms with Crippen LogP contribution < -0.4 is 0 Å². The minimum atomic E-state index is -0.354. The molecular weight excluding hydrogens is 242 g/mol. The Morgan fingerprint density at radius 3 is 2.88 bits per heavy atom. The Hall–Kier alpha value is -0.770. The third-order valence-electron chi connectivity index (χ3n) is 2.51. The molecule has 1 unspecified atom stereocenters. The van der Waals surface area contributed by atoms with Crippen LogP contribution in [0.15, 0.2) is 30.6 Å². The number of hydrogen-bond acceptors (Lipinski definition) is 2. The molecule has 1 atom stereocenters. The van der Waals surface area contributed by atoms with Crippen molar-refractivity contribution in [3.8, 4) is 0 Å². The van der Waals surface area contributed by atoms with Crippen molar-refractivity contribution in [2.24, 2.45) is 0 Å². The molecular formula is C12H14ClNOS. The topological polar surface area (TPSA) is 25.2 Å². The minimum Gasteiger partial charge on any atom is -0.388 e. The Balaban J connectivity index is 2.08. The SMILES string of the molecule is CCC(O)c1ccn(Cc2ccc(Cl)s2)c1. The highest BCUT2D eigenvalue weighted by Crippen LogP contribution is 2.23. The highest BCUT2D eigenvalue weighted by Gasteiger charge is 2.06. The third kappa shape index (κ3) is 2.67. The molecule has 4 heteroatoms. The molecule has 0 fully saturated rings. The summed E-state index contributed by atoms with van der Waals surface area (Å²) in [5, 5.41) is 9.68. The standard InChI is InChI=1S/C12H14ClNOS/c1-2-11(15)9-5-6-14(7-9)8-10-3-4-12(13)16-10/h3-7,11,15H,2,8H2,1H3. The number of nitrogens with zero attached hydrogens (tertiary/aromatic N) is 1. The number of rotatable bonds is 4. The zero-order chi connectivity index (χ0) is 11.5. The van der Waals surface area contributed by atoms with Gasteiger partial charge in [0.2, 0.25) is 0 Å². The van der Waals surface area contributed by atoms with Gasteiger partial charge in [-0.05, 0) is 30.2 Å². The van der Waals surface area contributed by atoms with Gasteiger partial charge in [-0.3, -0.25) is 0 Å². The second kappa shape index (κ2) is 5.04. The van der Waals surface area contributed by atoms with E-state index in [0.29, 0.717) is 0 Å². The Morgan fingerprint density at radius 1 is 1.44 bits per heavy atom. The quantitative estimate of drug-likeness (QED) is 0.886. The largest absolute Gasteiger partial charge is 0.388 e. The predicted octanol–water partition coefficient (Wildman–Crippen LogP) is 3.69. The average molecular weight is 256 g/mol. The molecule has 86 valence electrons. The number of halogens is 1. The molecule has 0 saturated heterocycles. The summed E-state index contributed by atoms with van der Waals surface area (Å²) >= 11 is 7.46. The first-order valence-electron chi connectivity index (χ1n) is 5.27. The predicted molar refractivity (Wildman–Crippen MR) is 68.1 cm³/mol. The van der Waals surface area contributed by atoms with Gasteiger partial charge < -0.3 is 9.67 Å². The van der Waals surface area contributed by atoms with Gasteiger partial charge in [0.05, 0.1) is 17.0 Å². The molecule has 0 aliphatic heterocycles. The first-order valence-corrected chi connectivity index (χ1v) is 6.46. The zero-order valence-corrected chi connectivity index (χ0v) is 10.6. The van der Waals surface area contributed by atoms with Crippen LogP contribution in [-0.2, 0) is 6.54 Å². The molecule has 0 aliphatic rings. The molecule has 2 aromatic rings. The van der Waals surface area contributed by atoms with Gasteiger partial charge in [-0.15, -0.1) is 11.3 Å². The van der Waals surface area contributed by atoms with E-state index in [1.807, 2.05) is 37.5 Å². The van der Waals surface area contributed by atoms with Crippen LogP contribution >= 0.6 is 22.9 Å². The zero-order valence-electron chi connectivity index (χ0n) is 9.06. The summed E-state index contributed by atoms with van der Waals surface area (Å²) < 4.78 is 2.88. The molecule has 2 heterocycles. The van der Waals surface area contributed by atoms with Crippen molar-refractivity contribution in [3.63, 3.8) is 0 Å². The van der Waals surface area contributed by atoms with Crippen molar-refractivity contribution >= 4 is 22.9 Å². The summed E-state index contributed by atoms with van der Waals surface area (Å²) in [5.41, 5.74) is 0.977. The Kier molecular flexibility index (Phi) is 3.69. The number of hydrogen-bond donors (Lipinski definition) is 1. The lowest BCUT2D eigenvalue weighted by molar-refractivity contribution is 0.173. The van der Waals surface area contributed by atoms with E-state index in [0.717, 1.165) is 22.9 Å². The Labute approximate surface area is 104 Å². The van der Waals surface area contributed by atoms with Crippen LogP contribution in [0, 0.1) is 0 Å². The molecule has 2 nitrogen and oxygen atoms in total. The van der Waals surface area contributed by atoms with Gasteiger partial charge in [0, 0.05) is 17.3 Å². The maximum Gasteiger partial charge on any atom is 0.0931 e. The number of aromatic nitrogens is 1. The van der Waals surface area contributed by atoms with Crippen molar-refractivity contribution in [1.29, 1.82) is 0 Å². The number of aliphatic hydroxyl groups excluding tert-OH is 1. The van der Waals surface area contributed by atoms with Crippen molar-refractivity contribution in [1.82, 2.24) is 4.57 Å². The fraction of sp³-hybridized carbons (Fsp3) is 0.333. The van der Waals surface area contributed by atoms with E-state index < -0.39 is 0 Å². The van der Waals surface area contributed by atoms with E-state index in [4.69, 9.17) is 11.6 Å². The summed E-state index contributed by atoms with van der Waals surface area (Å²) in [7, 11) is 0. The van der Waals surface area contributed by atoms with Gasteiger partial charge in [-0.25, -0.2) is 0 Å². The number of aliphatic hydroxyl groups is 1. The summed E-state index contributed by atoms with van der Waals surface area (Å²) in [5.74, 6) is 0. The van der Waals surface area contributed by atoms with Crippen molar-refractivity contribution in [2.45, 2.75) is 26.0 Å². The third-order valence-corrected chi connectivity index (χ3v) is 3.73. The van der Waals surface area contributed by atoms with Crippen molar-refractivity contribution in [2.75, 3.05) is 0 Å². The van der Waals surface area contributed by atoms with Crippen LogP contribution in [0.25, 0.3) is 0 Å². The molecule has 1 N–H and O–H groups in total. The van der Waals surface area contributed by atoms with Gasteiger partial charge >= 0.3 is 0 Å². The summed E-state index contributed by atoms with van der Waals surface area (Å²) in [6.45, 7) is 2.79. The molecule has 0 radical (unpaired) electrons. The Bertz CT molecular complexity index is 463. The summed E-state index contributed by atoms with van der Waals surface area (Å²) in [4.78, 5) is 1.22. The van der Waals surface area contributed by atoms with E-state index in [1.165, 1.54) is 4.88 Å². The van der Waals surface area contributed by atoms with Gasteiger partial charge in [0.25, 0.3) is 0 Å². The van der Waals surface area contributed by atoms with Gasteiger partial charge in [0.15, 0.2) is 0 Å². The van der Waals surface area contributed by atoms with Crippen LogP contribution in [0.2, 0.25) is 4.34 Å². The van der Waals surface area contributed by atoms with E-state index in [1.54, 1.807) is 11.3 Å². The van der Waals surface area contributed by atoms with Crippen LogP contribution in [0.1, 0.15) is 29.9 Å². The first-order chi connectivity index (χ1) is 7.69. The second-order valence-electron chi connectivity index (χ2n) is 3.75. The van der Waals surface area contributed by atoms with Gasteiger partial charge in [-0.2, -0.15) is 0 Å². The van der Waals surface area contributed by atoms with Gasteiger partial charge in [-0.1, -0.05) is 18.5 Å². The molecule has 0 saturated carbocycles. The highest BCUT2D eigenvalue weighted by atomic mass is 35.5. The second-order valence-corrected chi connectivity index (χ2v) is 5.55. The van der Waals surface area contributed by atoms with Crippen LogP contribution in [-0.4, -0.2) is 9.67 Å². The van der Waals surface area contributed by atoms with Gasteiger partial charge in [0.1, 0.15) is 0 Å². The van der Waals surface area contributed by atoms with E-state index in [2.05, 4.69) is 4.57 Å². The van der Waals surface area contributed by atoms with Crippen LogP contribution in [0.5, 0.6) is 0 Å². The normalized spacial score (nSPS) is 12.9. The molecule has 2 aromatic heterocycles. The lowest BCUT2D eigenvalue weighted by atomic mass is 10.1. The molecule has 0 amide bonds. The maximum absolute atomic E-state index is 9.68. The fourth-order valence-corrected chi connectivity index (χ4v) is 2.70. The molecule has 0 spiro atoms. The first kappa shape index (κ1) is 11.7.